The molecule has 19 nitrogen and oxygen atoms in total. The van der Waals surface area contributed by atoms with E-state index in [2.05, 4.69) is 37.9 Å². The molecule has 1 unspecified atom stereocenters. The predicted molar refractivity (Wildman–Crippen MR) is 309 cm³/mol. The molecule has 3 aromatic carbocycles. The SMILES string of the molecule is CC(CC(=O)N1CCC(O)(Cn2cnc3c(-c4ccc(CNCCCNC(=O)CCCCCCCC(=O)NCCn5ccc(-c6cc(Cl)c(Cl)c7[nH]c8c(c67)CN(C(=O)CO)CC8)n5)cc4)n(C)nc3c2=O)CC1)c1ccccc1. The van der Waals surface area contributed by atoms with Crippen molar-refractivity contribution in [1.82, 2.24) is 59.8 Å². The molecule has 2 aliphatic rings. The van der Waals surface area contributed by atoms with Crippen LogP contribution in [0.25, 0.3) is 44.5 Å². The Balaban J connectivity index is 0.615. The highest BCUT2D eigenvalue weighted by Gasteiger charge is 2.36. The molecule has 0 bridgehead atoms. The van der Waals surface area contributed by atoms with Gasteiger partial charge in [-0.05, 0) is 67.8 Å². The quantitative estimate of drug-likeness (QED) is 0.0318. The third-order valence-corrected chi connectivity index (χ3v) is 16.4. The summed E-state index contributed by atoms with van der Waals surface area (Å²) in [5.74, 6) is -0.132. The van der Waals surface area contributed by atoms with E-state index in [-0.39, 0.29) is 47.2 Å². The number of fused-ring (bicyclic) bond motifs is 4. The largest absolute Gasteiger partial charge is 0.388 e. The number of hydrogen-bond donors (Lipinski definition) is 6. The molecule has 6 N–H and O–H groups in total. The van der Waals surface area contributed by atoms with E-state index >= 15 is 0 Å². The van der Waals surface area contributed by atoms with Crippen LogP contribution in [0.2, 0.25) is 10.0 Å². The molecule has 4 amide bonds. The number of halogens is 2. The Kier molecular flexibility index (Phi) is 19.2. The first-order chi connectivity index (χ1) is 38.7. The van der Waals surface area contributed by atoms with Crippen molar-refractivity contribution in [3.05, 3.63) is 122 Å². The number of unbranched alkanes of at least 4 members (excludes halogenated alkanes) is 4. The molecule has 1 fully saturated rings. The molecule has 9 rings (SSSR count). The van der Waals surface area contributed by atoms with Crippen molar-refractivity contribution in [2.45, 2.75) is 122 Å². The fourth-order valence-corrected chi connectivity index (χ4v) is 11.4. The van der Waals surface area contributed by atoms with E-state index in [9.17, 15) is 34.2 Å². The molecule has 7 aromatic rings. The number of nitrogens with zero attached hydrogens (tertiary/aromatic N) is 8. The molecule has 4 aromatic heterocycles. The zero-order chi connectivity index (χ0) is 56.3. The normalized spacial score (nSPS) is 14.6. The summed E-state index contributed by atoms with van der Waals surface area (Å²) in [5.41, 5.74) is 7.13. The lowest BCUT2D eigenvalue weighted by Crippen LogP contribution is -2.49. The lowest BCUT2D eigenvalue weighted by molar-refractivity contribution is -0.136. The zero-order valence-corrected chi connectivity index (χ0v) is 47.1. The fraction of sp³-hybridized carbons (Fsp3) is 0.458. The van der Waals surface area contributed by atoms with Crippen LogP contribution in [0.3, 0.4) is 0 Å². The second-order valence-corrected chi connectivity index (χ2v) is 22.2. The first-order valence-electron chi connectivity index (χ1n) is 27.9. The second kappa shape index (κ2) is 26.6. The van der Waals surface area contributed by atoms with Crippen molar-refractivity contribution in [2.75, 3.05) is 45.9 Å². The number of aromatic amines is 1. The van der Waals surface area contributed by atoms with E-state index in [1.807, 2.05) is 71.8 Å². The molecule has 424 valence electrons. The van der Waals surface area contributed by atoms with Gasteiger partial charge in [-0.3, -0.25) is 37.9 Å². The lowest BCUT2D eigenvalue weighted by Gasteiger charge is -2.38. The summed E-state index contributed by atoms with van der Waals surface area (Å²) in [6.45, 7) is 6.12. The van der Waals surface area contributed by atoms with Gasteiger partial charge in [-0.1, -0.05) is 104 Å². The summed E-state index contributed by atoms with van der Waals surface area (Å²) in [7, 11) is 1.79. The number of carbonyl (C=O) groups excluding carboxylic acids is 4. The van der Waals surface area contributed by atoms with Crippen LogP contribution in [-0.2, 0) is 58.8 Å². The van der Waals surface area contributed by atoms with Gasteiger partial charge in [0.1, 0.15) is 12.1 Å². The van der Waals surface area contributed by atoms with E-state index in [0.29, 0.717) is 118 Å². The molecular formula is C59H72Cl2N12O7. The third kappa shape index (κ3) is 14.0. The summed E-state index contributed by atoms with van der Waals surface area (Å²) >= 11 is 13.2. The van der Waals surface area contributed by atoms with Gasteiger partial charge in [0.2, 0.25) is 23.6 Å². The van der Waals surface area contributed by atoms with Gasteiger partial charge in [0, 0.05) is 113 Å². The minimum atomic E-state index is -1.15. The molecule has 0 radical (unpaired) electrons. The van der Waals surface area contributed by atoms with Crippen molar-refractivity contribution in [3.8, 4) is 22.5 Å². The van der Waals surface area contributed by atoms with E-state index in [1.165, 1.54) is 10.9 Å². The number of piperidine rings is 1. The number of rotatable bonds is 25. The smallest absolute Gasteiger partial charge is 0.281 e. The van der Waals surface area contributed by atoms with Gasteiger partial charge in [0.25, 0.3) is 5.56 Å². The predicted octanol–water partition coefficient (Wildman–Crippen LogP) is 7.02. The summed E-state index contributed by atoms with van der Waals surface area (Å²) in [6, 6.07) is 21.7. The van der Waals surface area contributed by atoms with Crippen LogP contribution in [0.1, 0.15) is 106 Å². The van der Waals surface area contributed by atoms with Crippen molar-refractivity contribution in [1.29, 1.82) is 0 Å². The van der Waals surface area contributed by atoms with Gasteiger partial charge in [0.15, 0.2) is 5.52 Å². The monoisotopic (exact) mass is 1130 g/mol. The van der Waals surface area contributed by atoms with Crippen molar-refractivity contribution < 1.29 is 29.4 Å². The highest BCUT2D eigenvalue weighted by Crippen LogP contribution is 2.42. The van der Waals surface area contributed by atoms with Crippen molar-refractivity contribution in [3.63, 3.8) is 0 Å². The number of H-pyrrole nitrogens is 1. The van der Waals surface area contributed by atoms with Crippen LogP contribution in [-0.4, -0.2) is 129 Å². The zero-order valence-electron chi connectivity index (χ0n) is 45.6. The Labute approximate surface area is 475 Å². The summed E-state index contributed by atoms with van der Waals surface area (Å²) in [4.78, 5) is 75.8. The number of carbonyl (C=O) groups is 4. The molecule has 1 atom stereocenters. The number of hydrogen-bond acceptors (Lipinski definition) is 11. The Hall–Kier alpha value is -6.90. The minimum Gasteiger partial charge on any atom is -0.388 e. The molecule has 1 saturated heterocycles. The third-order valence-electron chi connectivity index (χ3n) is 15.6. The molecule has 2 aliphatic heterocycles. The van der Waals surface area contributed by atoms with Gasteiger partial charge >= 0.3 is 0 Å². The Morgan fingerprint density at radius 3 is 2.26 bits per heavy atom. The second-order valence-electron chi connectivity index (χ2n) is 21.4. The maximum Gasteiger partial charge on any atom is 0.281 e. The van der Waals surface area contributed by atoms with Gasteiger partial charge in [-0.25, -0.2) is 4.98 Å². The van der Waals surface area contributed by atoms with Gasteiger partial charge in [0.05, 0.1) is 52.0 Å². The molecule has 0 aliphatic carbocycles. The van der Waals surface area contributed by atoms with Crippen LogP contribution in [0.5, 0.6) is 0 Å². The maximum atomic E-state index is 13.7. The number of aliphatic hydroxyl groups is 2. The van der Waals surface area contributed by atoms with Crippen LogP contribution in [0.15, 0.2) is 84.0 Å². The topological polar surface area (TPSA) is 238 Å². The van der Waals surface area contributed by atoms with Gasteiger partial charge < -0.3 is 40.9 Å². The molecule has 80 heavy (non-hydrogen) atoms. The number of aromatic nitrogens is 7. The van der Waals surface area contributed by atoms with E-state index in [4.69, 9.17) is 28.3 Å². The first-order valence-corrected chi connectivity index (χ1v) is 28.7. The minimum absolute atomic E-state index is 0.0119. The molecule has 0 saturated carbocycles. The fourth-order valence-electron chi connectivity index (χ4n) is 11.0. The number of nitrogens with one attached hydrogen (secondary N) is 4. The average Bonchev–Trinajstić information content (AvgIpc) is 4.27. The molecule has 0 spiro atoms. The first kappa shape index (κ1) is 57.8. The molecular weight excluding hydrogens is 1060 g/mol. The number of aliphatic hydroxyl groups excluding tert-OH is 1. The standard InChI is InChI=1S/C59H72Cl2N12O7/c1-39(41-12-7-6-8-13-41)32-50(77)70-29-22-59(80,23-30-70)37-72-38-65-55-56(58(72)79)68-69(2)57(55)42-18-16-40(17-19-42)34-62-24-11-25-63-48(75)14-9-4-3-5-10-15-49(76)64-26-31-73-28-21-47(67-73)43-33-45(60)53(61)54-52(43)44-35-71(51(78)36-74)27-20-46(44)66-54/h6-8,12-13,16-19,21,28,33,38-39,62,66,74,80H,3-5,9-11,14-15,20,22-27,29-32,34-37H2,1-2H3,(H,63,75)(H,64,76). The molecule has 6 heterocycles. The summed E-state index contributed by atoms with van der Waals surface area (Å²) in [6.07, 6.45) is 11.1. The van der Waals surface area contributed by atoms with E-state index in [0.717, 1.165) is 89.7 Å². The lowest BCUT2D eigenvalue weighted by atomic mass is 9.90. The van der Waals surface area contributed by atoms with Crippen LogP contribution >= 0.6 is 23.2 Å². The average molecular weight is 1130 g/mol. The van der Waals surface area contributed by atoms with E-state index < -0.39 is 12.2 Å². The summed E-state index contributed by atoms with van der Waals surface area (Å²) in [5, 5.41) is 41.4. The number of aryl methyl sites for hydroxylation is 1. The van der Waals surface area contributed by atoms with Gasteiger partial charge in [-0.2, -0.15) is 10.2 Å². The number of amides is 4. The highest BCUT2D eigenvalue weighted by molar-refractivity contribution is 6.45. The Morgan fingerprint density at radius 2 is 1.54 bits per heavy atom. The maximum absolute atomic E-state index is 13.7. The molecule has 21 heteroatoms. The van der Waals surface area contributed by atoms with Crippen LogP contribution in [0.4, 0.5) is 0 Å². The van der Waals surface area contributed by atoms with Crippen molar-refractivity contribution in [2.24, 2.45) is 7.05 Å². The van der Waals surface area contributed by atoms with E-state index in [1.54, 1.807) is 27.4 Å². The van der Waals surface area contributed by atoms with Crippen molar-refractivity contribution >= 4 is 68.8 Å². The van der Waals surface area contributed by atoms with Crippen LogP contribution < -0.4 is 21.5 Å². The summed E-state index contributed by atoms with van der Waals surface area (Å²) < 4.78 is 4.88. The number of likely N-dealkylation sites (tertiary alicyclic amines) is 1. The highest BCUT2D eigenvalue weighted by atomic mass is 35.5. The van der Waals surface area contributed by atoms with Gasteiger partial charge in [-0.15, -0.1) is 0 Å². The van der Waals surface area contributed by atoms with Crippen LogP contribution in [0, 0.1) is 0 Å². The number of benzene rings is 3. The Bertz CT molecular complexity index is 3360. The Morgan fingerprint density at radius 1 is 0.825 bits per heavy atom.